The van der Waals surface area contributed by atoms with E-state index in [1.54, 1.807) is 6.26 Å². The summed E-state index contributed by atoms with van der Waals surface area (Å²) in [6.45, 7) is 3.18. The fraction of sp³-hybridized carbons (Fsp3) is 0.647. The van der Waals surface area contributed by atoms with Crippen LogP contribution in [0.1, 0.15) is 43.9 Å². The molecule has 2 aliphatic rings. The molecule has 2 atom stereocenters. The molecule has 0 aromatic carbocycles. The Kier molecular flexibility index (Phi) is 5.74. The zero-order chi connectivity index (χ0) is 16.8. The van der Waals surface area contributed by atoms with Gasteiger partial charge in [0.15, 0.2) is 0 Å². The zero-order valence-corrected chi connectivity index (χ0v) is 13.9. The molecule has 1 aromatic rings. The van der Waals surface area contributed by atoms with Crippen LogP contribution >= 0.6 is 0 Å². The average Bonchev–Trinajstić information content (AvgIpc) is 3.24. The van der Waals surface area contributed by atoms with Crippen LogP contribution in [0.5, 0.6) is 0 Å². The minimum absolute atomic E-state index is 0.0382. The molecule has 1 aromatic heterocycles. The molecule has 24 heavy (non-hydrogen) atoms. The molecule has 2 saturated heterocycles. The summed E-state index contributed by atoms with van der Waals surface area (Å²) in [5, 5.41) is 8.52. The maximum atomic E-state index is 12.2. The molecular weight excluding hydrogens is 308 g/mol. The molecule has 3 heterocycles. The molecule has 132 valence electrons. The molecule has 3 amide bonds. The van der Waals surface area contributed by atoms with E-state index in [2.05, 4.69) is 20.9 Å². The fourth-order valence-electron chi connectivity index (χ4n) is 3.42. The molecule has 0 unspecified atom stereocenters. The van der Waals surface area contributed by atoms with Gasteiger partial charge in [-0.2, -0.15) is 0 Å². The summed E-state index contributed by atoms with van der Waals surface area (Å²) in [5.41, 5.74) is 0. The van der Waals surface area contributed by atoms with Crippen LogP contribution in [-0.2, 0) is 4.79 Å². The van der Waals surface area contributed by atoms with E-state index in [4.69, 9.17) is 4.42 Å². The highest BCUT2D eigenvalue weighted by Gasteiger charge is 2.27. The quantitative estimate of drug-likeness (QED) is 0.759. The van der Waals surface area contributed by atoms with Gasteiger partial charge in [0.05, 0.1) is 12.3 Å². The van der Waals surface area contributed by atoms with Gasteiger partial charge >= 0.3 is 6.03 Å². The van der Waals surface area contributed by atoms with Gasteiger partial charge in [0.2, 0.25) is 5.91 Å². The van der Waals surface area contributed by atoms with Crippen LogP contribution in [0.25, 0.3) is 0 Å². The number of carbonyl (C=O) groups is 2. The van der Waals surface area contributed by atoms with Crippen LogP contribution in [0.2, 0.25) is 0 Å². The van der Waals surface area contributed by atoms with E-state index in [0.29, 0.717) is 19.5 Å². The molecule has 7 heteroatoms. The molecule has 3 rings (SSSR count). The van der Waals surface area contributed by atoms with Crippen LogP contribution < -0.4 is 16.0 Å². The van der Waals surface area contributed by atoms with Gasteiger partial charge in [-0.15, -0.1) is 0 Å². The summed E-state index contributed by atoms with van der Waals surface area (Å²) in [7, 11) is 0. The number of nitrogens with one attached hydrogen (secondary N) is 3. The number of amides is 3. The summed E-state index contributed by atoms with van der Waals surface area (Å²) in [6, 6.07) is 3.11. The molecule has 7 nitrogen and oxygen atoms in total. The van der Waals surface area contributed by atoms with Gasteiger partial charge in [-0.3, -0.25) is 9.69 Å². The highest BCUT2D eigenvalue weighted by molar-refractivity contribution is 5.87. The molecule has 3 N–H and O–H groups in total. The minimum atomic E-state index is -0.443. The maximum absolute atomic E-state index is 12.2. The monoisotopic (exact) mass is 334 g/mol. The number of hydrogen-bond acceptors (Lipinski definition) is 4. The van der Waals surface area contributed by atoms with Gasteiger partial charge in [-0.25, -0.2) is 4.79 Å². The van der Waals surface area contributed by atoms with Crippen LogP contribution in [0, 0.1) is 0 Å². The third-order valence-electron chi connectivity index (χ3n) is 4.75. The maximum Gasteiger partial charge on any atom is 0.315 e. The molecule has 0 spiro atoms. The van der Waals surface area contributed by atoms with Gasteiger partial charge in [-0.1, -0.05) is 0 Å². The summed E-state index contributed by atoms with van der Waals surface area (Å²) in [6.07, 6.45) is 6.59. The molecular formula is C17H26N4O3. The number of nitrogens with zero attached hydrogens (tertiary/aromatic N) is 1. The van der Waals surface area contributed by atoms with Gasteiger partial charge in [0, 0.05) is 13.1 Å². The van der Waals surface area contributed by atoms with Crippen molar-refractivity contribution in [1.29, 1.82) is 0 Å². The van der Waals surface area contributed by atoms with Crippen LogP contribution in [0.15, 0.2) is 22.8 Å². The van der Waals surface area contributed by atoms with Crippen molar-refractivity contribution in [2.45, 2.75) is 44.2 Å². The lowest BCUT2D eigenvalue weighted by Gasteiger charge is -2.26. The number of urea groups is 1. The Morgan fingerprint density at radius 2 is 2.17 bits per heavy atom. The Balaban J connectivity index is 1.53. The standard InChI is InChI=1S/C17H26N4O3/c22-16-13(6-1-2-8-18-16)20-17(23)19-12-14(15-7-5-11-24-15)21-9-3-4-10-21/h5,7,11,13-14H,1-4,6,8-10,12H2,(H,18,22)(H2,19,20,23)/t13-,14+/m0/s1. The van der Waals surface area contributed by atoms with E-state index in [1.807, 2.05) is 12.1 Å². The highest BCUT2D eigenvalue weighted by Crippen LogP contribution is 2.24. The number of likely N-dealkylation sites (tertiary alicyclic amines) is 1. The molecule has 2 fully saturated rings. The minimum Gasteiger partial charge on any atom is -0.468 e. The van der Waals surface area contributed by atoms with E-state index in [-0.39, 0.29) is 18.0 Å². The van der Waals surface area contributed by atoms with Crippen LogP contribution in [0.4, 0.5) is 4.79 Å². The molecule has 2 aliphatic heterocycles. The lowest BCUT2D eigenvalue weighted by atomic mass is 10.1. The van der Waals surface area contributed by atoms with Crippen LogP contribution in [-0.4, -0.2) is 49.1 Å². The number of hydrogen-bond donors (Lipinski definition) is 3. The number of rotatable bonds is 5. The van der Waals surface area contributed by atoms with E-state index >= 15 is 0 Å². The first-order valence-corrected chi connectivity index (χ1v) is 8.83. The highest BCUT2D eigenvalue weighted by atomic mass is 16.3. The van der Waals surface area contributed by atoms with Crippen molar-refractivity contribution in [3.05, 3.63) is 24.2 Å². The molecule has 0 saturated carbocycles. The van der Waals surface area contributed by atoms with E-state index in [0.717, 1.165) is 31.7 Å². The Labute approximate surface area is 142 Å². The molecule has 0 bridgehead atoms. The van der Waals surface area contributed by atoms with E-state index in [9.17, 15) is 9.59 Å². The Morgan fingerprint density at radius 1 is 1.33 bits per heavy atom. The van der Waals surface area contributed by atoms with Crippen molar-refractivity contribution in [1.82, 2.24) is 20.9 Å². The fourth-order valence-corrected chi connectivity index (χ4v) is 3.42. The van der Waals surface area contributed by atoms with Gasteiger partial charge < -0.3 is 20.4 Å². The predicted octanol–water partition coefficient (Wildman–Crippen LogP) is 1.38. The van der Waals surface area contributed by atoms with Crippen molar-refractivity contribution in [2.75, 3.05) is 26.2 Å². The van der Waals surface area contributed by atoms with Crippen LogP contribution in [0.3, 0.4) is 0 Å². The summed E-state index contributed by atoms with van der Waals surface area (Å²) >= 11 is 0. The molecule has 0 radical (unpaired) electrons. The van der Waals surface area contributed by atoms with Crippen molar-refractivity contribution < 1.29 is 14.0 Å². The second-order valence-corrected chi connectivity index (χ2v) is 6.47. The second kappa shape index (κ2) is 8.19. The summed E-state index contributed by atoms with van der Waals surface area (Å²) in [4.78, 5) is 26.4. The van der Waals surface area contributed by atoms with Gasteiger partial charge in [0.1, 0.15) is 11.8 Å². The summed E-state index contributed by atoms with van der Waals surface area (Å²) in [5.74, 6) is 0.772. The van der Waals surface area contributed by atoms with Crippen molar-refractivity contribution in [3.63, 3.8) is 0 Å². The van der Waals surface area contributed by atoms with E-state index < -0.39 is 6.04 Å². The third-order valence-corrected chi connectivity index (χ3v) is 4.75. The topological polar surface area (TPSA) is 86.6 Å². The van der Waals surface area contributed by atoms with E-state index in [1.165, 1.54) is 12.8 Å². The Hall–Kier alpha value is -2.02. The molecule has 0 aliphatic carbocycles. The first kappa shape index (κ1) is 16.8. The first-order valence-electron chi connectivity index (χ1n) is 8.83. The summed E-state index contributed by atoms with van der Waals surface area (Å²) < 4.78 is 5.55. The second-order valence-electron chi connectivity index (χ2n) is 6.47. The lowest BCUT2D eigenvalue weighted by molar-refractivity contribution is -0.122. The number of carbonyl (C=O) groups excluding carboxylic acids is 2. The average molecular weight is 334 g/mol. The SMILES string of the molecule is O=C(NC[C@H](c1ccco1)N1CCCC1)N[C@H]1CCCCNC1=O. The van der Waals surface area contributed by atoms with Gasteiger partial charge in [0.25, 0.3) is 0 Å². The van der Waals surface area contributed by atoms with Crippen molar-refractivity contribution in [2.24, 2.45) is 0 Å². The number of furan rings is 1. The van der Waals surface area contributed by atoms with Crippen molar-refractivity contribution >= 4 is 11.9 Å². The van der Waals surface area contributed by atoms with Gasteiger partial charge in [-0.05, 0) is 57.3 Å². The largest absolute Gasteiger partial charge is 0.468 e. The smallest absolute Gasteiger partial charge is 0.315 e. The lowest BCUT2D eigenvalue weighted by Crippen LogP contribution is -2.50. The van der Waals surface area contributed by atoms with Crippen molar-refractivity contribution in [3.8, 4) is 0 Å². The Morgan fingerprint density at radius 3 is 2.92 bits per heavy atom. The predicted molar refractivity (Wildman–Crippen MR) is 89.4 cm³/mol. The third kappa shape index (κ3) is 4.29. The Bertz CT molecular complexity index is 540. The normalized spacial score (nSPS) is 23.3. The zero-order valence-electron chi connectivity index (χ0n) is 13.9. The first-order chi connectivity index (χ1) is 11.7.